The highest BCUT2D eigenvalue weighted by Gasteiger charge is 2.05. The lowest BCUT2D eigenvalue weighted by Crippen LogP contribution is -2.11. The highest BCUT2D eigenvalue weighted by molar-refractivity contribution is 7.81. The lowest BCUT2D eigenvalue weighted by Gasteiger charge is -2.09. The number of esters is 1. The number of nitrogens with one attached hydrogen (secondary N) is 1. The second-order valence-corrected chi connectivity index (χ2v) is 4.85. The lowest BCUT2D eigenvalue weighted by atomic mass is 10.2. The van der Waals surface area contributed by atoms with Crippen LogP contribution in [0.4, 0.5) is 5.69 Å². The van der Waals surface area contributed by atoms with Crippen molar-refractivity contribution in [1.29, 1.82) is 0 Å². The van der Waals surface area contributed by atoms with Gasteiger partial charge in [-0.3, -0.25) is 4.79 Å². The van der Waals surface area contributed by atoms with Crippen molar-refractivity contribution in [2.45, 2.75) is 13.8 Å². The number of ether oxygens (including phenoxy) is 1. The molecular weight excluding hydrogens is 270 g/mol. The van der Waals surface area contributed by atoms with Gasteiger partial charge in [0.25, 0.3) is 0 Å². The third-order valence-corrected chi connectivity index (χ3v) is 3.01. The van der Waals surface area contributed by atoms with Gasteiger partial charge in [0.1, 0.15) is 10.7 Å². The Morgan fingerprint density at radius 1 is 1.15 bits per heavy atom. The van der Waals surface area contributed by atoms with Gasteiger partial charge in [-0.05, 0) is 31.2 Å². The van der Waals surface area contributed by atoms with Gasteiger partial charge in [0.15, 0.2) is 0 Å². The summed E-state index contributed by atoms with van der Waals surface area (Å²) in [6.07, 6.45) is 0. The molecule has 2 rings (SSSR count). The molecule has 20 heavy (non-hydrogen) atoms. The van der Waals surface area contributed by atoms with Crippen molar-refractivity contribution < 1.29 is 9.53 Å². The quantitative estimate of drug-likeness (QED) is 0.530. The summed E-state index contributed by atoms with van der Waals surface area (Å²) in [6.45, 7) is 3.40. The minimum Gasteiger partial charge on any atom is -0.427 e. The summed E-state index contributed by atoms with van der Waals surface area (Å²) < 4.78 is 5.04. The van der Waals surface area contributed by atoms with Gasteiger partial charge in [-0.2, -0.15) is 0 Å². The van der Waals surface area contributed by atoms with Crippen molar-refractivity contribution in [2.24, 2.45) is 0 Å². The Morgan fingerprint density at radius 2 is 1.85 bits per heavy atom. The molecule has 0 heterocycles. The van der Waals surface area contributed by atoms with Crippen LogP contribution in [-0.4, -0.2) is 11.0 Å². The van der Waals surface area contributed by atoms with Crippen LogP contribution in [0.15, 0.2) is 48.5 Å². The van der Waals surface area contributed by atoms with E-state index in [1.54, 1.807) is 18.2 Å². The molecule has 0 saturated carbocycles. The van der Waals surface area contributed by atoms with E-state index in [2.05, 4.69) is 5.32 Å². The molecule has 0 amide bonds. The Kier molecular flexibility index (Phi) is 4.48. The Bertz CT molecular complexity index is 635. The standard InChI is InChI=1S/C16H15NO2S/c1-11-6-8-14(9-7-11)17-16(20)13-4-3-5-15(10-13)19-12(2)18/h3-10H,1-2H3,(H,17,20). The first-order valence-corrected chi connectivity index (χ1v) is 6.62. The normalized spacial score (nSPS) is 9.90. The molecule has 0 radical (unpaired) electrons. The number of aryl methyl sites for hydroxylation is 1. The molecule has 3 nitrogen and oxygen atoms in total. The second-order valence-electron chi connectivity index (χ2n) is 4.44. The predicted octanol–water partition coefficient (Wildman–Crippen LogP) is 3.71. The minimum atomic E-state index is -0.348. The number of carbonyl (C=O) groups is 1. The summed E-state index contributed by atoms with van der Waals surface area (Å²) in [4.78, 5) is 11.5. The van der Waals surface area contributed by atoms with Crippen LogP contribution in [0.25, 0.3) is 0 Å². The van der Waals surface area contributed by atoms with Crippen molar-refractivity contribution >= 4 is 28.9 Å². The Labute approximate surface area is 123 Å². The molecule has 2 aromatic carbocycles. The second kappa shape index (κ2) is 6.30. The molecule has 0 aliphatic rings. The van der Waals surface area contributed by atoms with Crippen molar-refractivity contribution in [3.8, 4) is 5.75 Å². The van der Waals surface area contributed by atoms with E-state index in [0.29, 0.717) is 10.7 Å². The lowest BCUT2D eigenvalue weighted by molar-refractivity contribution is -0.131. The summed E-state index contributed by atoms with van der Waals surface area (Å²) in [5.74, 6) is 0.141. The molecular formula is C16H15NO2S. The maximum absolute atomic E-state index is 10.9. The number of benzene rings is 2. The van der Waals surface area contributed by atoms with Crippen molar-refractivity contribution in [3.63, 3.8) is 0 Å². The van der Waals surface area contributed by atoms with Crippen LogP contribution < -0.4 is 10.1 Å². The summed E-state index contributed by atoms with van der Waals surface area (Å²) in [5, 5.41) is 3.16. The summed E-state index contributed by atoms with van der Waals surface area (Å²) in [6, 6.07) is 15.1. The first kappa shape index (κ1) is 14.2. The molecule has 0 spiro atoms. The van der Waals surface area contributed by atoms with Crippen LogP contribution in [-0.2, 0) is 4.79 Å². The van der Waals surface area contributed by atoms with Gasteiger partial charge in [-0.1, -0.05) is 42.0 Å². The van der Waals surface area contributed by atoms with Gasteiger partial charge in [-0.15, -0.1) is 0 Å². The van der Waals surface area contributed by atoms with E-state index in [-0.39, 0.29) is 5.97 Å². The zero-order chi connectivity index (χ0) is 14.5. The van der Waals surface area contributed by atoms with Gasteiger partial charge in [0, 0.05) is 18.2 Å². The fraction of sp³-hybridized carbons (Fsp3) is 0.125. The minimum absolute atomic E-state index is 0.348. The third-order valence-electron chi connectivity index (χ3n) is 2.67. The average Bonchev–Trinajstić information content (AvgIpc) is 2.41. The van der Waals surface area contributed by atoms with E-state index in [4.69, 9.17) is 17.0 Å². The Hall–Kier alpha value is -2.20. The van der Waals surface area contributed by atoms with Crippen LogP contribution >= 0.6 is 12.2 Å². The molecule has 2 aromatic rings. The largest absolute Gasteiger partial charge is 0.427 e. The van der Waals surface area contributed by atoms with Gasteiger partial charge in [-0.25, -0.2) is 0 Å². The maximum Gasteiger partial charge on any atom is 0.308 e. The Morgan fingerprint density at radius 3 is 2.50 bits per heavy atom. The van der Waals surface area contributed by atoms with E-state index in [9.17, 15) is 4.79 Å². The van der Waals surface area contributed by atoms with Gasteiger partial charge in [0.2, 0.25) is 0 Å². The smallest absolute Gasteiger partial charge is 0.308 e. The molecule has 0 aromatic heterocycles. The highest BCUT2D eigenvalue weighted by atomic mass is 32.1. The van der Waals surface area contributed by atoms with E-state index in [1.807, 2.05) is 37.3 Å². The van der Waals surface area contributed by atoms with Gasteiger partial charge in [0.05, 0.1) is 0 Å². The van der Waals surface area contributed by atoms with E-state index in [0.717, 1.165) is 11.3 Å². The molecule has 4 heteroatoms. The molecule has 0 aliphatic carbocycles. The molecule has 0 bridgehead atoms. The summed E-state index contributed by atoms with van der Waals surface area (Å²) in [5.41, 5.74) is 2.93. The van der Waals surface area contributed by atoms with Gasteiger partial charge < -0.3 is 10.1 Å². The van der Waals surface area contributed by atoms with Crippen LogP contribution in [0.5, 0.6) is 5.75 Å². The van der Waals surface area contributed by atoms with E-state index in [1.165, 1.54) is 12.5 Å². The molecule has 0 fully saturated rings. The summed E-state index contributed by atoms with van der Waals surface area (Å²) in [7, 11) is 0. The SMILES string of the molecule is CC(=O)Oc1cccc(C(=S)Nc2ccc(C)cc2)c1. The van der Waals surface area contributed by atoms with Gasteiger partial charge >= 0.3 is 5.97 Å². The van der Waals surface area contributed by atoms with Crippen LogP contribution in [0.1, 0.15) is 18.1 Å². The molecule has 102 valence electrons. The topological polar surface area (TPSA) is 38.3 Å². The number of rotatable bonds is 3. The maximum atomic E-state index is 10.9. The average molecular weight is 285 g/mol. The predicted molar refractivity (Wildman–Crippen MR) is 84.3 cm³/mol. The van der Waals surface area contributed by atoms with Crippen molar-refractivity contribution in [1.82, 2.24) is 0 Å². The highest BCUT2D eigenvalue weighted by Crippen LogP contribution is 2.16. The Balaban J connectivity index is 2.12. The first-order valence-electron chi connectivity index (χ1n) is 6.21. The molecule has 1 N–H and O–H groups in total. The fourth-order valence-electron chi connectivity index (χ4n) is 1.71. The third kappa shape index (κ3) is 3.90. The van der Waals surface area contributed by atoms with Crippen molar-refractivity contribution in [2.75, 3.05) is 5.32 Å². The molecule has 0 atom stereocenters. The zero-order valence-corrected chi connectivity index (χ0v) is 12.2. The van der Waals surface area contributed by atoms with Crippen LogP contribution in [0.2, 0.25) is 0 Å². The van der Waals surface area contributed by atoms with E-state index < -0.39 is 0 Å². The summed E-state index contributed by atoms with van der Waals surface area (Å²) >= 11 is 5.36. The monoisotopic (exact) mass is 285 g/mol. The zero-order valence-electron chi connectivity index (χ0n) is 11.3. The number of hydrogen-bond donors (Lipinski definition) is 1. The number of anilines is 1. The van der Waals surface area contributed by atoms with Crippen LogP contribution in [0.3, 0.4) is 0 Å². The number of thiocarbonyl (C=S) groups is 1. The molecule has 0 saturated heterocycles. The van der Waals surface area contributed by atoms with Crippen LogP contribution in [0, 0.1) is 6.92 Å². The molecule has 0 aliphatic heterocycles. The number of hydrogen-bond acceptors (Lipinski definition) is 3. The fourth-order valence-corrected chi connectivity index (χ4v) is 1.95. The molecule has 0 unspecified atom stereocenters. The van der Waals surface area contributed by atoms with E-state index >= 15 is 0 Å². The number of carbonyl (C=O) groups excluding carboxylic acids is 1. The first-order chi connectivity index (χ1) is 9.54. The van der Waals surface area contributed by atoms with Crippen molar-refractivity contribution in [3.05, 3.63) is 59.7 Å².